The highest BCUT2D eigenvalue weighted by atomic mass is 127. The van der Waals surface area contributed by atoms with Crippen molar-refractivity contribution in [3.8, 4) is 0 Å². The molecule has 0 atom stereocenters. The van der Waals surface area contributed by atoms with E-state index in [1.165, 1.54) is 0 Å². The van der Waals surface area contributed by atoms with Crippen LogP contribution in [0.15, 0.2) is 6.07 Å². The highest BCUT2D eigenvalue weighted by molar-refractivity contribution is 14.1. The minimum atomic E-state index is -4.59. The van der Waals surface area contributed by atoms with E-state index in [0.717, 1.165) is 13.2 Å². The van der Waals surface area contributed by atoms with Crippen LogP contribution in [0.1, 0.15) is 5.69 Å². The smallest absolute Gasteiger partial charge is 0.433 e. The number of halogens is 5. The van der Waals surface area contributed by atoms with E-state index in [4.69, 9.17) is 11.6 Å². The van der Waals surface area contributed by atoms with Crippen molar-refractivity contribution in [1.82, 2.24) is 4.98 Å². The lowest BCUT2D eigenvalue weighted by atomic mass is 10.3. The van der Waals surface area contributed by atoms with Gasteiger partial charge in [0.05, 0.1) is 12.8 Å². The van der Waals surface area contributed by atoms with E-state index in [1.54, 1.807) is 22.6 Å². The third kappa shape index (κ3) is 3.60. The molecular formula is C8H5ClF3IN2O2. The van der Waals surface area contributed by atoms with Gasteiger partial charge in [0.25, 0.3) is 0 Å². The Kier molecular flexibility index (Phi) is 4.42. The predicted molar refractivity (Wildman–Crippen MR) is 63.0 cm³/mol. The van der Waals surface area contributed by atoms with Gasteiger partial charge in [0, 0.05) is 3.57 Å². The van der Waals surface area contributed by atoms with Crippen molar-refractivity contribution in [2.45, 2.75) is 6.18 Å². The van der Waals surface area contributed by atoms with Gasteiger partial charge in [-0.2, -0.15) is 13.2 Å². The van der Waals surface area contributed by atoms with Crippen LogP contribution in [0.4, 0.5) is 23.7 Å². The van der Waals surface area contributed by atoms with Crippen LogP contribution in [0, 0.1) is 3.57 Å². The molecule has 1 N–H and O–H groups in total. The first-order chi connectivity index (χ1) is 7.75. The van der Waals surface area contributed by atoms with Crippen molar-refractivity contribution in [3.05, 3.63) is 20.5 Å². The number of anilines is 1. The summed E-state index contributed by atoms with van der Waals surface area (Å²) in [5, 5.41) is 1.73. The number of aromatic nitrogens is 1. The number of nitrogens with zero attached hydrogens (tertiary/aromatic N) is 1. The molecule has 0 saturated heterocycles. The predicted octanol–water partition coefficient (Wildman–Crippen LogP) is 3.54. The van der Waals surface area contributed by atoms with Gasteiger partial charge in [0.2, 0.25) is 0 Å². The average molecular weight is 380 g/mol. The summed E-state index contributed by atoms with van der Waals surface area (Å²) in [4.78, 5) is 14.1. The molecule has 1 rings (SSSR count). The SMILES string of the molecule is COC(=O)Nc1c(I)cc(C(F)(F)F)nc1Cl. The Morgan fingerprint density at radius 1 is 1.59 bits per heavy atom. The number of pyridine rings is 1. The Morgan fingerprint density at radius 2 is 2.18 bits per heavy atom. The number of amides is 1. The lowest BCUT2D eigenvalue weighted by Crippen LogP contribution is -2.15. The number of ether oxygens (including phenoxy) is 1. The van der Waals surface area contributed by atoms with Crippen LogP contribution in [0.5, 0.6) is 0 Å². The number of carbonyl (C=O) groups is 1. The van der Waals surface area contributed by atoms with E-state index in [1.807, 2.05) is 0 Å². The highest BCUT2D eigenvalue weighted by Crippen LogP contribution is 2.34. The molecule has 0 saturated carbocycles. The number of hydrogen-bond acceptors (Lipinski definition) is 3. The largest absolute Gasteiger partial charge is 0.453 e. The second kappa shape index (κ2) is 5.25. The van der Waals surface area contributed by atoms with Crippen LogP contribution in [0.2, 0.25) is 5.15 Å². The normalized spacial score (nSPS) is 11.2. The number of methoxy groups -OCH3 is 1. The van der Waals surface area contributed by atoms with Crippen molar-refractivity contribution in [2.24, 2.45) is 0 Å². The van der Waals surface area contributed by atoms with Gasteiger partial charge in [-0.05, 0) is 28.7 Å². The molecule has 0 aliphatic carbocycles. The first-order valence-electron chi connectivity index (χ1n) is 4.04. The minimum absolute atomic E-state index is 0.0212. The van der Waals surface area contributed by atoms with Gasteiger partial charge in [0.1, 0.15) is 5.69 Å². The molecule has 0 aromatic carbocycles. The molecule has 0 spiro atoms. The van der Waals surface area contributed by atoms with Crippen LogP contribution >= 0.6 is 34.2 Å². The van der Waals surface area contributed by atoms with E-state index >= 15 is 0 Å². The van der Waals surface area contributed by atoms with Crippen LogP contribution in [-0.4, -0.2) is 18.2 Å². The van der Waals surface area contributed by atoms with Crippen molar-refractivity contribution < 1.29 is 22.7 Å². The molecule has 17 heavy (non-hydrogen) atoms. The topological polar surface area (TPSA) is 51.2 Å². The Bertz CT molecular complexity index is 430. The van der Waals surface area contributed by atoms with E-state index < -0.39 is 23.1 Å². The number of nitrogens with one attached hydrogen (secondary N) is 1. The van der Waals surface area contributed by atoms with Crippen molar-refractivity contribution in [1.29, 1.82) is 0 Å². The first kappa shape index (κ1) is 14.3. The van der Waals surface area contributed by atoms with Crippen LogP contribution in [0.25, 0.3) is 0 Å². The molecule has 0 fully saturated rings. The third-order valence-electron chi connectivity index (χ3n) is 1.63. The molecular weight excluding hydrogens is 375 g/mol. The molecule has 0 bridgehead atoms. The fourth-order valence-electron chi connectivity index (χ4n) is 0.894. The van der Waals surface area contributed by atoms with Gasteiger partial charge in [0.15, 0.2) is 5.15 Å². The van der Waals surface area contributed by atoms with Gasteiger partial charge >= 0.3 is 12.3 Å². The summed E-state index contributed by atoms with van der Waals surface area (Å²) in [6.45, 7) is 0. The summed E-state index contributed by atoms with van der Waals surface area (Å²) in [5.74, 6) is 0. The van der Waals surface area contributed by atoms with E-state index in [-0.39, 0.29) is 9.26 Å². The Hall–Kier alpha value is -0.770. The fraction of sp³-hybridized carbons (Fsp3) is 0.250. The van der Waals surface area contributed by atoms with Gasteiger partial charge in [-0.3, -0.25) is 5.32 Å². The van der Waals surface area contributed by atoms with E-state index in [2.05, 4.69) is 15.0 Å². The maximum Gasteiger partial charge on any atom is 0.433 e. The standard InChI is InChI=1S/C8H5ClF3IN2O2/c1-17-7(16)15-5-3(13)2-4(8(10,11)12)14-6(5)9/h2H,1H3,(H,15,16). The minimum Gasteiger partial charge on any atom is -0.453 e. The quantitative estimate of drug-likeness (QED) is 0.599. The van der Waals surface area contributed by atoms with Gasteiger partial charge in [-0.1, -0.05) is 11.6 Å². The molecule has 0 unspecified atom stereocenters. The molecule has 9 heteroatoms. The maximum atomic E-state index is 12.4. The van der Waals surface area contributed by atoms with Crippen LogP contribution < -0.4 is 5.32 Å². The molecule has 1 aromatic heterocycles. The zero-order chi connectivity index (χ0) is 13.2. The second-order valence-corrected chi connectivity index (χ2v) is 4.29. The van der Waals surface area contributed by atoms with Gasteiger partial charge in [-0.25, -0.2) is 9.78 Å². The third-order valence-corrected chi connectivity index (χ3v) is 2.75. The van der Waals surface area contributed by atoms with E-state index in [9.17, 15) is 18.0 Å². The van der Waals surface area contributed by atoms with Crippen molar-refractivity contribution in [3.63, 3.8) is 0 Å². The Labute approximate surface area is 113 Å². The molecule has 94 valence electrons. The lowest BCUT2D eigenvalue weighted by molar-refractivity contribution is -0.141. The number of alkyl halides is 3. The maximum absolute atomic E-state index is 12.4. The summed E-state index contributed by atoms with van der Waals surface area (Å²) in [6, 6.07) is 0.776. The average Bonchev–Trinajstić information content (AvgIpc) is 2.21. The Morgan fingerprint density at radius 3 is 2.59 bits per heavy atom. The molecule has 0 aliphatic heterocycles. The molecule has 0 radical (unpaired) electrons. The van der Waals surface area contributed by atoms with Crippen LogP contribution in [0.3, 0.4) is 0 Å². The summed E-state index contributed by atoms with van der Waals surface area (Å²) < 4.78 is 41.5. The summed E-state index contributed by atoms with van der Waals surface area (Å²) in [7, 11) is 1.12. The monoisotopic (exact) mass is 380 g/mol. The molecule has 1 heterocycles. The van der Waals surface area contributed by atoms with Gasteiger partial charge < -0.3 is 4.74 Å². The van der Waals surface area contributed by atoms with Crippen molar-refractivity contribution >= 4 is 46.0 Å². The number of carbonyl (C=O) groups excluding carboxylic acids is 1. The molecule has 1 aromatic rings. The fourth-order valence-corrected chi connectivity index (χ4v) is 1.98. The number of rotatable bonds is 1. The molecule has 0 aliphatic rings. The van der Waals surface area contributed by atoms with E-state index in [0.29, 0.717) is 0 Å². The van der Waals surface area contributed by atoms with Gasteiger partial charge in [-0.15, -0.1) is 0 Å². The lowest BCUT2D eigenvalue weighted by Gasteiger charge is -2.11. The van der Waals surface area contributed by atoms with Crippen molar-refractivity contribution in [2.75, 3.05) is 12.4 Å². The first-order valence-corrected chi connectivity index (χ1v) is 5.49. The zero-order valence-corrected chi connectivity index (χ0v) is 11.1. The Balaban J connectivity index is 3.15. The summed E-state index contributed by atoms with van der Waals surface area (Å²) in [6.07, 6.45) is -5.43. The molecule has 4 nitrogen and oxygen atoms in total. The van der Waals surface area contributed by atoms with Crippen LogP contribution in [-0.2, 0) is 10.9 Å². The second-order valence-electron chi connectivity index (χ2n) is 2.77. The summed E-state index contributed by atoms with van der Waals surface area (Å²) in [5.41, 5.74) is -1.14. The number of hydrogen-bond donors (Lipinski definition) is 1. The molecule has 1 amide bonds. The highest BCUT2D eigenvalue weighted by Gasteiger charge is 2.34. The summed E-state index contributed by atoms with van der Waals surface area (Å²) >= 11 is 7.16. The zero-order valence-electron chi connectivity index (χ0n) is 8.23.